The first-order valence-electron chi connectivity index (χ1n) is 6.23. The van der Waals surface area contributed by atoms with E-state index in [0.717, 1.165) is 29.6 Å². The van der Waals surface area contributed by atoms with Crippen molar-refractivity contribution in [2.24, 2.45) is 0 Å². The van der Waals surface area contributed by atoms with Crippen molar-refractivity contribution in [3.8, 4) is 5.75 Å². The molecule has 0 atom stereocenters. The van der Waals surface area contributed by atoms with Crippen LogP contribution in [0.5, 0.6) is 5.75 Å². The molecule has 0 fully saturated rings. The fraction of sp³-hybridized carbons (Fsp3) is 0.357. The number of H-pyrrole nitrogens is 1. The van der Waals surface area contributed by atoms with Crippen LogP contribution in [0.4, 0.5) is 0 Å². The average molecular weight is 246 g/mol. The topological polar surface area (TPSA) is 47.0 Å². The van der Waals surface area contributed by atoms with Crippen LogP contribution in [-0.2, 0) is 6.54 Å². The molecule has 18 heavy (non-hydrogen) atoms. The van der Waals surface area contributed by atoms with Crippen LogP contribution < -0.4 is 10.4 Å². The first-order chi connectivity index (χ1) is 8.77. The summed E-state index contributed by atoms with van der Waals surface area (Å²) in [5, 5.41) is 0. The molecule has 4 nitrogen and oxygen atoms in total. The number of ether oxygens (including phenoxy) is 1. The van der Waals surface area contributed by atoms with Crippen LogP contribution in [0, 0.1) is 0 Å². The number of nitrogens with zero attached hydrogens (tertiary/aromatic N) is 1. The number of nitrogens with one attached hydrogen (secondary N) is 1. The number of para-hydroxylation sites is 1. The second kappa shape index (κ2) is 5.58. The van der Waals surface area contributed by atoms with Crippen molar-refractivity contribution in [3.05, 3.63) is 41.3 Å². The lowest BCUT2D eigenvalue weighted by Gasteiger charge is -2.08. The molecule has 0 unspecified atom stereocenters. The molecule has 0 saturated carbocycles. The number of fused-ring (bicyclic) bond motifs is 1. The molecule has 1 aromatic carbocycles. The van der Waals surface area contributed by atoms with E-state index in [-0.39, 0.29) is 5.69 Å². The van der Waals surface area contributed by atoms with Crippen molar-refractivity contribution in [2.45, 2.75) is 26.3 Å². The number of aromatic nitrogens is 2. The first-order valence-corrected chi connectivity index (χ1v) is 6.23. The summed E-state index contributed by atoms with van der Waals surface area (Å²) < 4.78 is 7.35. The second-order valence-corrected chi connectivity index (χ2v) is 4.19. The van der Waals surface area contributed by atoms with E-state index in [2.05, 4.69) is 18.5 Å². The summed E-state index contributed by atoms with van der Waals surface area (Å²) in [5.74, 6) is 0.724. The number of aromatic amines is 1. The highest BCUT2D eigenvalue weighted by molar-refractivity contribution is 5.82. The lowest BCUT2D eigenvalue weighted by molar-refractivity contribution is 0.365. The van der Waals surface area contributed by atoms with Gasteiger partial charge in [-0.25, -0.2) is 4.79 Å². The highest BCUT2D eigenvalue weighted by Gasteiger charge is 2.11. The Labute approximate surface area is 106 Å². The monoisotopic (exact) mass is 246 g/mol. The average Bonchev–Trinajstić information content (AvgIpc) is 2.70. The SMILES string of the molecule is C=CCOc1cccc2[nH]c(=O)n(CCCC)c12. The van der Waals surface area contributed by atoms with Crippen LogP contribution in [0.2, 0.25) is 0 Å². The third-order valence-corrected chi connectivity index (χ3v) is 2.85. The fourth-order valence-corrected chi connectivity index (χ4v) is 1.98. The van der Waals surface area contributed by atoms with E-state index < -0.39 is 0 Å². The smallest absolute Gasteiger partial charge is 0.326 e. The molecule has 0 aliphatic heterocycles. The molecular formula is C14H18N2O2. The molecule has 0 amide bonds. The third-order valence-electron chi connectivity index (χ3n) is 2.85. The number of imidazole rings is 1. The van der Waals surface area contributed by atoms with Crippen molar-refractivity contribution in [3.63, 3.8) is 0 Å². The fourth-order valence-electron chi connectivity index (χ4n) is 1.98. The van der Waals surface area contributed by atoms with Crippen molar-refractivity contribution in [2.75, 3.05) is 6.61 Å². The van der Waals surface area contributed by atoms with Crippen LogP contribution in [0.3, 0.4) is 0 Å². The molecule has 2 rings (SSSR count). The Bertz CT molecular complexity index is 595. The maximum Gasteiger partial charge on any atom is 0.326 e. The van der Waals surface area contributed by atoms with Gasteiger partial charge in [-0.1, -0.05) is 32.1 Å². The number of hydrogen-bond acceptors (Lipinski definition) is 2. The van der Waals surface area contributed by atoms with Crippen molar-refractivity contribution >= 4 is 11.0 Å². The zero-order valence-electron chi connectivity index (χ0n) is 10.6. The summed E-state index contributed by atoms with van der Waals surface area (Å²) in [5.41, 5.74) is 1.59. The van der Waals surface area contributed by atoms with Gasteiger partial charge in [0.2, 0.25) is 0 Å². The van der Waals surface area contributed by atoms with Gasteiger partial charge in [-0.05, 0) is 18.6 Å². The van der Waals surface area contributed by atoms with Gasteiger partial charge in [-0.15, -0.1) is 0 Å². The summed E-state index contributed by atoms with van der Waals surface area (Å²) in [7, 11) is 0. The predicted molar refractivity (Wildman–Crippen MR) is 73.2 cm³/mol. The van der Waals surface area contributed by atoms with Crippen LogP contribution in [-0.4, -0.2) is 16.2 Å². The minimum atomic E-state index is -0.0758. The highest BCUT2D eigenvalue weighted by atomic mass is 16.5. The molecule has 0 saturated heterocycles. The van der Waals surface area contributed by atoms with E-state index in [1.807, 2.05) is 18.2 Å². The number of aryl methyl sites for hydroxylation is 1. The Kier molecular flexibility index (Phi) is 3.87. The number of benzene rings is 1. The van der Waals surface area contributed by atoms with Gasteiger partial charge in [-0.2, -0.15) is 0 Å². The molecule has 2 aromatic rings. The quantitative estimate of drug-likeness (QED) is 0.796. The Morgan fingerprint density at radius 1 is 1.50 bits per heavy atom. The molecule has 0 radical (unpaired) electrons. The van der Waals surface area contributed by atoms with Crippen LogP contribution in [0.25, 0.3) is 11.0 Å². The van der Waals surface area contributed by atoms with Crippen molar-refractivity contribution < 1.29 is 4.74 Å². The van der Waals surface area contributed by atoms with Gasteiger partial charge in [0.1, 0.15) is 17.9 Å². The van der Waals surface area contributed by atoms with E-state index in [0.29, 0.717) is 13.2 Å². The molecule has 4 heteroatoms. The third kappa shape index (κ3) is 2.32. The minimum absolute atomic E-state index is 0.0758. The Hall–Kier alpha value is -1.97. The van der Waals surface area contributed by atoms with E-state index in [1.54, 1.807) is 10.6 Å². The summed E-state index contributed by atoms with van der Waals surface area (Å²) in [6.07, 6.45) is 3.72. The van der Waals surface area contributed by atoms with E-state index >= 15 is 0 Å². The lowest BCUT2D eigenvalue weighted by Crippen LogP contribution is -2.16. The molecule has 0 bridgehead atoms. The lowest BCUT2D eigenvalue weighted by atomic mass is 10.2. The molecular weight excluding hydrogens is 228 g/mol. The molecule has 0 aliphatic rings. The van der Waals surface area contributed by atoms with Crippen molar-refractivity contribution in [1.29, 1.82) is 0 Å². The minimum Gasteiger partial charge on any atom is -0.487 e. The largest absolute Gasteiger partial charge is 0.487 e. The predicted octanol–water partition coefficient (Wildman–Crippen LogP) is 2.69. The van der Waals surface area contributed by atoms with Gasteiger partial charge >= 0.3 is 5.69 Å². The molecule has 0 aliphatic carbocycles. The van der Waals surface area contributed by atoms with Gasteiger partial charge in [0.15, 0.2) is 0 Å². The van der Waals surface area contributed by atoms with Crippen LogP contribution in [0.15, 0.2) is 35.6 Å². The van der Waals surface area contributed by atoms with Crippen LogP contribution >= 0.6 is 0 Å². The molecule has 1 heterocycles. The number of rotatable bonds is 6. The second-order valence-electron chi connectivity index (χ2n) is 4.19. The van der Waals surface area contributed by atoms with Gasteiger partial charge in [-0.3, -0.25) is 4.57 Å². The van der Waals surface area contributed by atoms with E-state index in [9.17, 15) is 4.79 Å². The Balaban J connectivity index is 2.50. The summed E-state index contributed by atoms with van der Waals surface area (Å²) in [6, 6.07) is 5.64. The molecule has 1 N–H and O–H groups in total. The van der Waals surface area contributed by atoms with Crippen LogP contribution in [0.1, 0.15) is 19.8 Å². The maximum atomic E-state index is 11.9. The zero-order chi connectivity index (χ0) is 13.0. The van der Waals surface area contributed by atoms with Gasteiger partial charge in [0, 0.05) is 6.54 Å². The molecule has 1 aromatic heterocycles. The number of unbranched alkanes of at least 4 members (excludes halogenated alkanes) is 1. The molecule has 0 spiro atoms. The normalized spacial score (nSPS) is 10.7. The molecule has 96 valence electrons. The Morgan fingerprint density at radius 2 is 2.33 bits per heavy atom. The standard InChI is InChI=1S/C14H18N2O2/c1-3-5-9-16-13-11(15-14(16)17)7-6-8-12(13)18-10-4-2/h4,6-8H,2-3,5,9-10H2,1H3,(H,15,17). The summed E-state index contributed by atoms with van der Waals surface area (Å²) in [6.45, 7) is 6.89. The van der Waals surface area contributed by atoms with Crippen molar-refractivity contribution in [1.82, 2.24) is 9.55 Å². The van der Waals surface area contributed by atoms with E-state index in [1.165, 1.54) is 0 Å². The van der Waals surface area contributed by atoms with Gasteiger partial charge in [0.25, 0.3) is 0 Å². The number of hydrogen-bond donors (Lipinski definition) is 1. The summed E-state index contributed by atoms with van der Waals surface area (Å²) >= 11 is 0. The summed E-state index contributed by atoms with van der Waals surface area (Å²) in [4.78, 5) is 14.8. The Morgan fingerprint density at radius 3 is 3.06 bits per heavy atom. The van der Waals surface area contributed by atoms with Gasteiger partial charge in [0.05, 0.1) is 5.52 Å². The van der Waals surface area contributed by atoms with E-state index in [4.69, 9.17) is 4.74 Å². The van der Waals surface area contributed by atoms with Gasteiger partial charge < -0.3 is 9.72 Å². The maximum absolute atomic E-state index is 11.9. The first kappa shape index (κ1) is 12.5. The highest BCUT2D eigenvalue weighted by Crippen LogP contribution is 2.23. The zero-order valence-corrected chi connectivity index (χ0v) is 10.6.